The molecular formula is C15H19NO4. The van der Waals surface area contributed by atoms with E-state index in [9.17, 15) is 14.7 Å². The van der Waals surface area contributed by atoms with Crippen LogP contribution < -0.4 is 5.32 Å². The summed E-state index contributed by atoms with van der Waals surface area (Å²) in [6.45, 7) is 2.27. The number of carboxylic acid groups (broad SMARTS) is 1. The number of hydrogen-bond acceptors (Lipinski definition) is 3. The van der Waals surface area contributed by atoms with Gasteiger partial charge in [-0.25, -0.2) is 4.79 Å². The van der Waals surface area contributed by atoms with Crippen LogP contribution in [0.4, 0.5) is 0 Å². The van der Waals surface area contributed by atoms with Gasteiger partial charge in [0.25, 0.3) is 0 Å². The molecule has 1 amide bonds. The highest BCUT2D eigenvalue weighted by Gasteiger charge is 2.31. The second-order valence-corrected chi connectivity index (χ2v) is 5.17. The van der Waals surface area contributed by atoms with E-state index < -0.39 is 12.0 Å². The Kier molecular flexibility index (Phi) is 4.74. The van der Waals surface area contributed by atoms with E-state index >= 15 is 0 Å². The summed E-state index contributed by atoms with van der Waals surface area (Å²) in [5.74, 6) is -1.51. The molecule has 3 atom stereocenters. The zero-order valence-electron chi connectivity index (χ0n) is 11.4. The van der Waals surface area contributed by atoms with Gasteiger partial charge in [-0.05, 0) is 18.9 Å². The number of ether oxygens (including phenoxy) is 1. The van der Waals surface area contributed by atoms with Gasteiger partial charge in [0.1, 0.15) is 6.04 Å². The van der Waals surface area contributed by atoms with Crippen LogP contribution >= 0.6 is 0 Å². The molecule has 1 aliphatic rings. The third kappa shape index (κ3) is 3.81. The molecule has 0 aliphatic carbocycles. The summed E-state index contributed by atoms with van der Waals surface area (Å²) in [5, 5.41) is 11.8. The lowest BCUT2D eigenvalue weighted by Gasteiger charge is -2.17. The van der Waals surface area contributed by atoms with Crippen molar-refractivity contribution in [2.24, 2.45) is 5.92 Å². The summed E-state index contributed by atoms with van der Waals surface area (Å²) in [6.07, 6.45) is 0.984. The first-order valence-corrected chi connectivity index (χ1v) is 6.75. The molecule has 0 bridgehead atoms. The smallest absolute Gasteiger partial charge is 0.326 e. The molecule has 1 saturated heterocycles. The van der Waals surface area contributed by atoms with Gasteiger partial charge in [0.2, 0.25) is 5.91 Å². The van der Waals surface area contributed by atoms with Crippen LogP contribution in [-0.4, -0.2) is 35.7 Å². The quantitative estimate of drug-likeness (QED) is 0.848. The van der Waals surface area contributed by atoms with Crippen molar-refractivity contribution in [3.63, 3.8) is 0 Å². The number of aliphatic carboxylic acids is 1. The topological polar surface area (TPSA) is 75.6 Å². The largest absolute Gasteiger partial charge is 0.480 e. The summed E-state index contributed by atoms with van der Waals surface area (Å²) >= 11 is 0. The van der Waals surface area contributed by atoms with Gasteiger partial charge in [-0.1, -0.05) is 30.3 Å². The summed E-state index contributed by atoms with van der Waals surface area (Å²) in [4.78, 5) is 23.3. The highest BCUT2D eigenvalue weighted by Crippen LogP contribution is 2.19. The molecule has 2 unspecified atom stereocenters. The molecule has 0 aromatic heterocycles. The van der Waals surface area contributed by atoms with Gasteiger partial charge >= 0.3 is 5.97 Å². The summed E-state index contributed by atoms with van der Waals surface area (Å²) in [7, 11) is 0. The van der Waals surface area contributed by atoms with Crippen molar-refractivity contribution in [2.45, 2.75) is 31.9 Å². The number of carbonyl (C=O) groups excluding carboxylic acids is 1. The minimum absolute atomic E-state index is 0.0585. The Labute approximate surface area is 117 Å². The number of carboxylic acids is 1. The molecule has 108 valence electrons. The molecule has 1 aromatic rings. The SMILES string of the molecule is CC1CC(C(=O)N[C@H](Cc2ccccc2)C(=O)O)CO1. The maximum atomic E-state index is 12.0. The van der Waals surface area contributed by atoms with E-state index in [0.29, 0.717) is 13.0 Å². The molecule has 0 saturated carbocycles. The maximum Gasteiger partial charge on any atom is 0.326 e. The molecule has 1 aliphatic heterocycles. The van der Waals surface area contributed by atoms with Gasteiger partial charge in [-0.3, -0.25) is 4.79 Å². The lowest BCUT2D eigenvalue weighted by Crippen LogP contribution is -2.45. The van der Waals surface area contributed by atoms with Crippen molar-refractivity contribution in [3.8, 4) is 0 Å². The Bertz CT molecular complexity index is 474. The summed E-state index contributed by atoms with van der Waals surface area (Å²) in [5.41, 5.74) is 0.885. The van der Waals surface area contributed by atoms with Crippen LogP contribution in [0.15, 0.2) is 30.3 Å². The normalized spacial score (nSPS) is 23.2. The van der Waals surface area contributed by atoms with E-state index in [-0.39, 0.29) is 24.3 Å². The van der Waals surface area contributed by atoms with E-state index in [1.807, 2.05) is 37.3 Å². The molecule has 2 rings (SSSR count). The van der Waals surface area contributed by atoms with Gasteiger partial charge in [0.15, 0.2) is 0 Å². The molecule has 5 nitrogen and oxygen atoms in total. The van der Waals surface area contributed by atoms with Crippen LogP contribution in [0, 0.1) is 5.92 Å². The zero-order chi connectivity index (χ0) is 14.5. The van der Waals surface area contributed by atoms with Gasteiger partial charge in [-0.2, -0.15) is 0 Å². The molecular weight excluding hydrogens is 258 g/mol. The number of benzene rings is 1. The fraction of sp³-hybridized carbons (Fsp3) is 0.467. The Morgan fingerprint density at radius 1 is 1.40 bits per heavy atom. The fourth-order valence-electron chi connectivity index (χ4n) is 2.34. The third-order valence-electron chi connectivity index (χ3n) is 3.47. The van der Waals surface area contributed by atoms with Crippen molar-refractivity contribution in [3.05, 3.63) is 35.9 Å². The Balaban J connectivity index is 1.96. The van der Waals surface area contributed by atoms with Crippen molar-refractivity contribution in [1.29, 1.82) is 0 Å². The van der Waals surface area contributed by atoms with Gasteiger partial charge < -0.3 is 15.2 Å². The first-order chi connectivity index (χ1) is 9.56. The molecule has 2 N–H and O–H groups in total. The van der Waals surface area contributed by atoms with E-state index in [4.69, 9.17) is 4.74 Å². The number of nitrogens with one attached hydrogen (secondary N) is 1. The first-order valence-electron chi connectivity index (χ1n) is 6.75. The molecule has 1 aromatic carbocycles. The molecule has 0 radical (unpaired) electrons. The van der Waals surface area contributed by atoms with Crippen LogP contribution in [0.3, 0.4) is 0 Å². The van der Waals surface area contributed by atoms with Crippen LogP contribution in [0.1, 0.15) is 18.9 Å². The number of carbonyl (C=O) groups is 2. The Hall–Kier alpha value is -1.88. The van der Waals surface area contributed by atoms with Gasteiger partial charge in [0, 0.05) is 6.42 Å². The molecule has 0 spiro atoms. The van der Waals surface area contributed by atoms with Gasteiger partial charge in [-0.15, -0.1) is 0 Å². The Morgan fingerprint density at radius 3 is 2.65 bits per heavy atom. The second kappa shape index (κ2) is 6.52. The van der Waals surface area contributed by atoms with E-state index in [2.05, 4.69) is 5.32 Å². The van der Waals surface area contributed by atoms with Crippen molar-refractivity contribution in [1.82, 2.24) is 5.32 Å². The summed E-state index contributed by atoms with van der Waals surface area (Å²) < 4.78 is 5.34. The first kappa shape index (κ1) is 14.5. The lowest BCUT2D eigenvalue weighted by molar-refractivity contribution is -0.142. The van der Waals surface area contributed by atoms with Crippen molar-refractivity contribution >= 4 is 11.9 Å². The number of hydrogen-bond donors (Lipinski definition) is 2. The second-order valence-electron chi connectivity index (χ2n) is 5.17. The Morgan fingerprint density at radius 2 is 2.10 bits per heavy atom. The number of rotatable bonds is 5. The minimum Gasteiger partial charge on any atom is -0.480 e. The minimum atomic E-state index is -1.02. The number of amides is 1. The van der Waals surface area contributed by atoms with Crippen molar-refractivity contribution in [2.75, 3.05) is 6.61 Å². The maximum absolute atomic E-state index is 12.0. The van der Waals surface area contributed by atoms with Crippen LogP contribution in [0.25, 0.3) is 0 Å². The third-order valence-corrected chi connectivity index (χ3v) is 3.47. The van der Waals surface area contributed by atoms with Crippen LogP contribution in [0.5, 0.6) is 0 Å². The van der Waals surface area contributed by atoms with E-state index in [1.54, 1.807) is 0 Å². The average Bonchev–Trinajstić information content (AvgIpc) is 2.86. The average molecular weight is 277 g/mol. The van der Waals surface area contributed by atoms with Crippen LogP contribution in [0.2, 0.25) is 0 Å². The van der Waals surface area contributed by atoms with E-state index in [1.165, 1.54) is 0 Å². The monoisotopic (exact) mass is 277 g/mol. The van der Waals surface area contributed by atoms with Crippen LogP contribution in [-0.2, 0) is 20.7 Å². The zero-order valence-corrected chi connectivity index (χ0v) is 11.4. The standard InChI is InChI=1S/C15H19NO4/c1-10-7-12(9-20-10)14(17)16-13(15(18)19)8-11-5-3-2-4-6-11/h2-6,10,12-13H,7-9H2,1H3,(H,16,17)(H,18,19)/t10?,12?,13-/m1/s1. The van der Waals surface area contributed by atoms with Crippen molar-refractivity contribution < 1.29 is 19.4 Å². The van der Waals surface area contributed by atoms with E-state index in [0.717, 1.165) is 5.56 Å². The predicted octanol–water partition coefficient (Wildman–Crippen LogP) is 1.22. The molecule has 1 fully saturated rings. The molecule has 1 heterocycles. The highest BCUT2D eigenvalue weighted by atomic mass is 16.5. The molecule has 20 heavy (non-hydrogen) atoms. The van der Waals surface area contributed by atoms with Gasteiger partial charge in [0.05, 0.1) is 18.6 Å². The highest BCUT2D eigenvalue weighted by molar-refractivity contribution is 5.85. The summed E-state index contributed by atoms with van der Waals surface area (Å²) in [6, 6.07) is 8.37. The fourth-order valence-corrected chi connectivity index (χ4v) is 2.34. The lowest BCUT2D eigenvalue weighted by atomic mass is 10.0. The molecule has 5 heteroatoms. The predicted molar refractivity (Wildman–Crippen MR) is 73.2 cm³/mol.